The zero-order valence-corrected chi connectivity index (χ0v) is 14.8. The van der Waals surface area contributed by atoms with Crippen molar-refractivity contribution in [3.63, 3.8) is 0 Å². The molecule has 0 radical (unpaired) electrons. The molecule has 2 aromatic carbocycles. The number of nitrogens with one attached hydrogen (secondary N) is 2. The SMILES string of the molecule is Cc1ccc2c(CC(=O)NC(c3ccccc3)C3CC3C)c[nH]c2c1. The summed E-state index contributed by atoms with van der Waals surface area (Å²) in [5.41, 5.74) is 4.58. The third-order valence-corrected chi connectivity index (χ3v) is 5.35. The van der Waals surface area contributed by atoms with Crippen LogP contribution in [0.4, 0.5) is 0 Å². The van der Waals surface area contributed by atoms with E-state index in [0.29, 0.717) is 18.3 Å². The number of amides is 1. The Kier molecular flexibility index (Phi) is 4.08. The second-order valence-corrected chi connectivity index (χ2v) is 7.37. The molecule has 4 rings (SSSR count). The summed E-state index contributed by atoms with van der Waals surface area (Å²) in [6, 6.07) is 16.8. The molecule has 1 amide bonds. The summed E-state index contributed by atoms with van der Waals surface area (Å²) >= 11 is 0. The average molecular weight is 332 g/mol. The van der Waals surface area contributed by atoms with Gasteiger partial charge in [0.25, 0.3) is 0 Å². The Hall–Kier alpha value is -2.55. The fourth-order valence-electron chi connectivity index (χ4n) is 3.76. The van der Waals surface area contributed by atoms with Crippen LogP contribution in [-0.4, -0.2) is 10.9 Å². The molecular weight excluding hydrogens is 308 g/mol. The van der Waals surface area contributed by atoms with Gasteiger partial charge in [-0.15, -0.1) is 0 Å². The van der Waals surface area contributed by atoms with Crippen molar-refractivity contribution in [2.24, 2.45) is 11.8 Å². The first-order valence-corrected chi connectivity index (χ1v) is 9.03. The van der Waals surface area contributed by atoms with Crippen molar-refractivity contribution in [3.05, 3.63) is 71.4 Å². The van der Waals surface area contributed by atoms with Crippen LogP contribution in [0.15, 0.2) is 54.7 Å². The molecule has 3 unspecified atom stereocenters. The highest BCUT2D eigenvalue weighted by Crippen LogP contribution is 2.46. The number of carbonyl (C=O) groups excluding carboxylic acids is 1. The molecule has 128 valence electrons. The third-order valence-electron chi connectivity index (χ3n) is 5.35. The van der Waals surface area contributed by atoms with E-state index in [1.54, 1.807) is 0 Å². The predicted octanol–water partition coefficient (Wildman–Crippen LogP) is 4.53. The Morgan fingerprint density at radius 1 is 1.24 bits per heavy atom. The Bertz CT molecular complexity index is 897. The van der Waals surface area contributed by atoms with Crippen molar-refractivity contribution < 1.29 is 4.79 Å². The smallest absolute Gasteiger partial charge is 0.224 e. The number of aryl methyl sites for hydroxylation is 1. The van der Waals surface area contributed by atoms with Gasteiger partial charge in [-0.05, 0) is 47.9 Å². The van der Waals surface area contributed by atoms with E-state index in [4.69, 9.17) is 0 Å². The Morgan fingerprint density at radius 3 is 2.72 bits per heavy atom. The number of hydrogen-bond donors (Lipinski definition) is 2. The van der Waals surface area contributed by atoms with Crippen molar-refractivity contribution in [2.45, 2.75) is 32.7 Å². The number of aromatic nitrogens is 1. The lowest BCUT2D eigenvalue weighted by molar-refractivity contribution is -0.121. The Balaban J connectivity index is 1.51. The summed E-state index contributed by atoms with van der Waals surface area (Å²) < 4.78 is 0. The van der Waals surface area contributed by atoms with Crippen molar-refractivity contribution >= 4 is 16.8 Å². The van der Waals surface area contributed by atoms with Crippen LogP contribution in [0.2, 0.25) is 0 Å². The second kappa shape index (κ2) is 6.40. The summed E-state index contributed by atoms with van der Waals surface area (Å²) in [5, 5.41) is 4.42. The molecule has 2 N–H and O–H groups in total. The van der Waals surface area contributed by atoms with Gasteiger partial charge in [0.15, 0.2) is 0 Å². The van der Waals surface area contributed by atoms with Crippen molar-refractivity contribution in [3.8, 4) is 0 Å². The third kappa shape index (κ3) is 3.32. The van der Waals surface area contributed by atoms with Gasteiger partial charge >= 0.3 is 0 Å². The van der Waals surface area contributed by atoms with Gasteiger partial charge in [0.2, 0.25) is 5.91 Å². The van der Waals surface area contributed by atoms with Gasteiger partial charge in [0, 0.05) is 17.1 Å². The first kappa shape index (κ1) is 15.9. The van der Waals surface area contributed by atoms with Crippen LogP contribution in [0.1, 0.15) is 36.1 Å². The largest absolute Gasteiger partial charge is 0.361 e. The first-order valence-electron chi connectivity index (χ1n) is 9.03. The second-order valence-electron chi connectivity index (χ2n) is 7.37. The fraction of sp³-hybridized carbons (Fsp3) is 0.318. The average Bonchev–Trinajstić information content (AvgIpc) is 3.21. The summed E-state index contributed by atoms with van der Waals surface area (Å²) in [4.78, 5) is 16.0. The van der Waals surface area contributed by atoms with Crippen LogP contribution in [0.5, 0.6) is 0 Å². The number of carbonyl (C=O) groups is 1. The van der Waals surface area contributed by atoms with Gasteiger partial charge < -0.3 is 10.3 Å². The van der Waals surface area contributed by atoms with Crippen LogP contribution < -0.4 is 5.32 Å². The Morgan fingerprint density at radius 2 is 2.00 bits per heavy atom. The van der Waals surface area contributed by atoms with Crippen LogP contribution >= 0.6 is 0 Å². The number of aromatic amines is 1. The van der Waals surface area contributed by atoms with E-state index in [-0.39, 0.29) is 11.9 Å². The summed E-state index contributed by atoms with van der Waals surface area (Å²) in [6.45, 7) is 4.34. The van der Waals surface area contributed by atoms with Gasteiger partial charge in [-0.25, -0.2) is 0 Å². The van der Waals surface area contributed by atoms with Gasteiger partial charge in [-0.1, -0.05) is 49.4 Å². The van der Waals surface area contributed by atoms with Crippen LogP contribution in [0, 0.1) is 18.8 Å². The minimum atomic E-state index is 0.0921. The Labute approximate surface area is 148 Å². The number of fused-ring (bicyclic) bond motifs is 1. The summed E-state index contributed by atoms with van der Waals surface area (Å²) in [7, 11) is 0. The number of rotatable bonds is 5. The van der Waals surface area contributed by atoms with Crippen molar-refractivity contribution in [2.75, 3.05) is 0 Å². The number of H-pyrrole nitrogens is 1. The van der Waals surface area contributed by atoms with Gasteiger partial charge in [0.1, 0.15) is 0 Å². The molecule has 0 saturated heterocycles. The maximum Gasteiger partial charge on any atom is 0.224 e. The number of hydrogen-bond acceptors (Lipinski definition) is 1. The van der Waals surface area contributed by atoms with E-state index in [1.807, 2.05) is 24.4 Å². The van der Waals surface area contributed by atoms with Crippen LogP contribution in [-0.2, 0) is 11.2 Å². The predicted molar refractivity (Wildman–Crippen MR) is 101 cm³/mol. The molecule has 1 saturated carbocycles. The van der Waals surface area contributed by atoms with E-state index in [2.05, 4.69) is 54.5 Å². The summed E-state index contributed by atoms with van der Waals surface area (Å²) in [5.74, 6) is 1.33. The van der Waals surface area contributed by atoms with E-state index >= 15 is 0 Å². The quantitative estimate of drug-likeness (QED) is 0.708. The van der Waals surface area contributed by atoms with E-state index in [1.165, 1.54) is 17.5 Å². The van der Waals surface area contributed by atoms with Gasteiger partial charge in [0.05, 0.1) is 12.5 Å². The minimum Gasteiger partial charge on any atom is -0.361 e. The van der Waals surface area contributed by atoms with E-state index < -0.39 is 0 Å². The van der Waals surface area contributed by atoms with Crippen LogP contribution in [0.25, 0.3) is 10.9 Å². The van der Waals surface area contributed by atoms with Gasteiger partial charge in [-0.2, -0.15) is 0 Å². The molecule has 1 aliphatic carbocycles. The van der Waals surface area contributed by atoms with E-state index in [0.717, 1.165) is 16.5 Å². The molecule has 3 atom stereocenters. The molecule has 1 aromatic heterocycles. The topological polar surface area (TPSA) is 44.9 Å². The molecule has 3 heteroatoms. The maximum absolute atomic E-state index is 12.7. The molecule has 0 spiro atoms. The maximum atomic E-state index is 12.7. The molecule has 0 bridgehead atoms. The molecule has 1 heterocycles. The molecular formula is C22H24N2O. The molecule has 3 aromatic rings. The van der Waals surface area contributed by atoms with Crippen molar-refractivity contribution in [1.82, 2.24) is 10.3 Å². The normalized spacial score (nSPS) is 20.4. The first-order chi connectivity index (χ1) is 12.1. The molecule has 1 aliphatic rings. The zero-order valence-electron chi connectivity index (χ0n) is 14.8. The monoisotopic (exact) mass is 332 g/mol. The lowest BCUT2D eigenvalue weighted by Gasteiger charge is -2.19. The van der Waals surface area contributed by atoms with E-state index in [9.17, 15) is 4.79 Å². The van der Waals surface area contributed by atoms with Gasteiger partial charge in [-0.3, -0.25) is 4.79 Å². The lowest BCUT2D eigenvalue weighted by atomic mass is 10.0. The van der Waals surface area contributed by atoms with Crippen LogP contribution in [0.3, 0.4) is 0 Å². The standard InChI is InChI=1S/C22H24N2O/c1-14-8-9-18-17(13-23-20(18)10-14)12-21(25)24-22(19-11-15(19)2)16-6-4-3-5-7-16/h3-10,13,15,19,22-23H,11-12H2,1-2H3,(H,24,25). The minimum absolute atomic E-state index is 0.0921. The highest BCUT2D eigenvalue weighted by atomic mass is 16.1. The highest BCUT2D eigenvalue weighted by molar-refractivity contribution is 5.89. The van der Waals surface area contributed by atoms with Crippen molar-refractivity contribution in [1.29, 1.82) is 0 Å². The molecule has 1 fully saturated rings. The fourth-order valence-corrected chi connectivity index (χ4v) is 3.76. The lowest BCUT2D eigenvalue weighted by Crippen LogP contribution is -2.31. The zero-order chi connectivity index (χ0) is 17.4. The molecule has 3 nitrogen and oxygen atoms in total. The molecule has 0 aliphatic heterocycles. The summed E-state index contributed by atoms with van der Waals surface area (Å²) in [6.07, 6.45) is 3.56. The molecule has 25 heavy (non-hydrogen) atoms. The number of benzene rings is 2. The highest BCUT2D eigenvalue weighted by Gasteiger charge is 2.40.